The summed E-state index contributed by atoms with van der Waals surface area (Å²) in [6, 6.07) is 6.05. The molecule has 2 aromatic rings. The Labute approximate surface area is 91.1 Å². The van der Waals surface area contributed by atoms with Crippen molar-refractivity contribution in [2.24, 2.45) is 5.73 Å². The minimum atomic E-state index is -1.13. The number of carbonyl (C=O) groups is 1. The van der Waals surface area contributed by atoms with Crippen LogP contribution in [-0.2, 0) is 0 Å². The van der Waals surface area contributed by atoms with Crippen LogP contribution in [0.4, 0.5) is 0 Å². The molecule has 0 amide bonds. The normalized spacial score (nSPS) is 12.9. The Morgan fingerprint density at radius 3 is 2.88 bits per heavy atom. The number of carboxylic acid groups (broad SMARTS) is 1. The Hall–Kier alpha value is -1.85. The molecule has 5 nitrogen and oxygen atoms in total. The fourth-order valence-electron chi connectivity index (χ4n) is 1.58. The first-order valence-electron chi connectivity index (χ1n) is 4.75. The summed E-state index contributed by atoms with van der Waals surface area (Å²) in [6.45, 7) is -0.220. The van der Waals surface area contributed by atoms with Crippen molar-refractivity contribution in [2.75, 3.05) is 6.61 Å². The molecule has 0 aliphatic heterocycles. The van der Waals surface area contributed by atoms with Gasteiger partial charge in [-0.2, -0.15) is 0 Å². The van der Waals surface area contributed by atoms with Gasteiger partial charge in [0, 0.05) is 10.9 Å². The van der Waals surface area contributed by atoms with E-state index in [2.05, 4.69) is 0 Å². The number of aromatic carboxylic acids is 1. The standard InChI is InChI=1S/C11H11NO4/c12-8(5-13)7-3-1-2-6-4-9(11(14)15)16-10(6)7/h1-4,8,13H,5,12H2,(H,14,15). The van der Waals surface area contributed by atoms with E-state index < -0.39 is 12.0 Å². The maximum absolute atomic E-state index is 10.7. The van der Waals surface area contributed by atoms with Crippen molar-refractivity contribution < 1.29 is 19.4 Å². The lowest BCUT2D eigenvalue weighted by atomic mass is 10.1. The van der Waals surface area contributed by atoms with E-state index in [1.165, 1.54) is 6.07 Å². The van der Waals surface area contributed by atoms with E-state index in [1.807, 2.05) is 0 Å². The predicted octanol–water partition coefficient (Wildman–Crippen LogP) is 1.12. The molecular weight excluding hydrogens is 210 g/mol. The van der Waals surface area contributed by atoms with Crippen LogP contribution in [0.25, 0.3) is 11.0 Å². The SMILES string of the molecule is NC(CO)c1cccc2cc(C(=O)O)oc12. The second-order valence-corrected chi connectivity index (χ2v) is 3.47. The molecule has 0 spiro atoms. The second-order valence-electron chi connectivity index (χ2n) is 3.47. The molecule has 0 radical (unpaired) electrons. The number of nitrogens with two attached hydrogens (primary N) is 1. The van der Waals surface area contributed by atoms with Crippen LogP contribution in [0.5, 0.6) is 0 Å². The number of aliphatic hydroxyl groups is 1. The van der Waals surface area contributed by atoms with Crippen LogP contribution < -0.4 is 5.73 Å². The highest BCUT2D eigenvalue weighted by molar-refractivity contribution is 5.92. The molecule has 1 atom stereocenters. The number of hydrogen-bond acceptors (Lipinski definition) is 4. The molecule has 84 valence electrons. The van der Waals surface area contributed by atoms with E-state index in [-0.39, 0.29) is 12.4 Å². The highest BCUT2D eigenvalue weighted by atomic mass is 16.4. The van der Waals surface area contributed by atoms with E-state index in [0.717, 1.165) is 0 Å². The zero-order valence-electron chi connectivity index (χ0n) is 8.38. The van der Waals surface area contributed by atoms with Crippen molar-refractivity contribution >= 4 is 16.9 Å². The van der Waals surface area contributed by atoms with Crippen molar-refractivity contribution in [1.29, 1.82) is 0 Å². The van der Waals surface area contributed by atoms with Crippen molar-refractivity contribution in [1.82, 2.24) is 0 Å². The number of furan rings is 1. The predicted molar refractivity (Wildman–Crippen MR) is 57.2 cm³/mol. The molecule has 0 aliphatic rings. The topological polar surface area (TPSA) is 96.7 Å². The van der Waals surface area contributed by atoms with Gasteiger partial charge in [0.1, 0.15) is 5.58 Å². The van der Waals surface area contributed by atoms with Gasteiger partial charge >= 0.3 is 5.97 Å². The third kappa shape index (κ3) is 1.66. The molecule has 1 unspecified atom stereocenters. The Morgan fingerprint density at radius 2 is 2.25 bits per heavy atom. The lowest BCUT2D eigenvalue weighted by Gasteiger charge is -2.08. The van der Waals surface area contributed by atoms with Crippen molar-refractivity contribution in [3.8, 4) is 0 Å². The largest absolute Gasteiger partial charge is 0.475 e. The molecular formula is C11H11NO4. The van der Waals surface area contributed by atoms with Crippen LogP contribution in [0, 0.1) is 0 Å². The van der Waals surface area contributed by atoms with Gasteiger partial charge in [-0.1, -0.05) is 18.2 Å². The number of rotatable bonds is 3. The highest BCUT2D eigenvalue weighted by Crippen LogP contribution is 2.26. The minimum absolute atomic E-state index is 0.132. The van der Waals surface area contributed by atoms with Crippen LogP contribution in [0.15, 0.2) is 28.7 Å². The lowest BCUT2D eigenvalue weighted by molar-refractivity contribution is 0.0665. The lowest BCUT2D eigenvalue weighted by Crippen LogP contribution is -2.14. The number of hydrogen-bond donors (Lipinski definition) is 3. The van der Waals surface area contributed by atoms with Crippen LogP contribution in [0.1, 0.15) is 22.2 Å². The Bertz CT molecular complexity index is 532. The molecule has 0 saturated heterocycles. The smallest absolute Gasteiger partial charge is 0.371 e. The zero-order chi connectivity index (χ0) is 11.7. The van der Waals surface area contributed by atoms with Crippen LogP contribution in [0.2, 0.25) is 0 Å². The van der Waals surface area contributed by atoms with Gasteiger partial charge < -0.3 is 20.4 Å². The van der Waals surface area contributed by atoms with Gasteiger partial charge in [-0.05, 0) is 6.07 Å². The number of para-hydroxylation sites is 1. The van der Waals surface area contributed by atoms with E-state index in [9.17, 15) is 4.79 Å². The summed E-state index contributed by atoms with van der Waals surface area (Å²) in [5, 5.41) is 18.4. The van der Waals surface area contributed by atoms with Crippen LogP contribution in [-0.4, -0.2) is 22.8 Å². The number of benzene rings is 1. The van der Waals surface area contributed by atoms with Crippen molar-refractivity contribution in [3.63, 3.8) is 0 Å². The maximum atomic E-state index is 10.7. The highest BCUT2D eigenvalue weighted by Gasteiger charge is 2.15. The van der Waals surface area contributed by atoms with Crippen molar-refractivity contribution in [2.45, 2.75) is 6.04 Å². The van der Waals surface area contributed by atoms with Gasteiger partial charge in [-0.15, -0.1) is 0 Å². The first kappa shape index (κ1) is 10.7. The zero-order valence-corrected chi connectivity index (χ0v) is 8.38. The van der Waals surface area contributed by atoms with E-state index >= 15 is 0 Å². The molecule has 1 heterocycles. The summed E-state index contributed by atoms with van der Waals surface area (Å²) in [5.41, 5.74) is 6.71. The molecule has 16 heavy (non-hydrogen) atoms. The second kappa shape index (κ2) is 3.96. The molecule has 0 bridgehead atoms. The van der Waals surface area contributed by atoms with E-state index in [4.69, 9.17) is 20.4 Å². The van der Waals surface area contributed by atoms with Crippen LogP contribution in [0.3, 0.4) is 0 Å². The summed E-state index contributed by atoms with van der Waals surface area (Å²) in [7, 11) is 0. The third-order valence-electron chi connectivity index (χ3n) is 2.38. The van der Waals surface area contributed by atoms with Gasteiger partial charge in [0.2, 0.25) is 5.76 Å². The fourth-order valence-corrected chi connectivity index (χ4v) is 1.58. The number of fused-ring (bicyclic) bond motifs is 1. The quantitative estimate of drug-likeness (QED) is 0.721. The van der Waals surface area contributed by atoms with Gasteiger partial charge in [0.15, 0.2) is 0 Å². The van der Waals surface area contributed by atoms with Gasteiger partial charge in [0.05, 0.1) is 12.6 Å². The third-order valence-corrected chi connectivity index (χ3v) is 2.38. The summed E-state index contributed by atoms with van der Waals surface area (Å²) in [6.07, 6.45) is 0. The molecule has 2 rings (SSSR count). The summed E-state index contributed by atoms with van der Waals surface area (Å²) >= 11 is 0. The van der Waals surface area contributed by atoms with Gasteiger partial charge in [-0.25, -0.2) is 4.79 Å². The monoisotopic (exact) mass is 221 g/mol. The summed E-state index contributed by atoms with van der Waals surface area (Å²) < 4.78 is 5.19. The molecule has 0 aliphatic carbocycles. The number of aliphatic hydroxyl groups excluding tert-OH is 1. The minimum Gasteiger partial charge on any atom is -0.475 e. The maximum Gasteiger partial charge on any atom is 0.371 e. The van der Waals surface area contributed by atoms with Gasteiger partial charge in [-0.3, -0.25) is 0 Å². The molecule has 5 heteroatoms. The Kier molecular flexibility index (Phi) is 2.64. The molecule has 0 fully saturated rings. The Morgan fingerprint density at radius 1 is 1.50 bits per heavy atom. The van der Waals surface area contributed by atoms with Gasteiger partial charge in [0.25, 0.3) is 0 Å². The average Bonchev–Trinajstić information content (AvgIpc) is 2.71. The summed E-state index contributed by atoms with van der Waals surface area (Å²) in [5.74, 6) is -1.26. The fraction of sp³-hybridized carbons (Fsp3) is 0.182. The van der Waals surface area contributed by atoms with Crippen LogP contribution >= 0.6 is 0 Å². The van der Waals surface area contributed by atoms with Crippen molar-refractivity contribution in [3.05, 3.63) is 35.6 Å². The molecule has 1 aromatic heterocycles. The first-order valence-corrected chi connectivity index (χ1v) is 4.75. The average molecular weight is 221 g/mol. The molecule has 0 saturated carbocycles. The number of carboxylic acids is 1. The van der Waals surface area contributed by atoms with E-state index in [0.29, 0.717) is 16.5 Å². The molecule has 4 N–H and O–H groups in total. The first-order chi connectivity index (χ1) is 7.63. The Balaban J connectivity index is 2.63. The molecule has 1 aromatic carbocycles. The van der Waals surface area contributed by atoms with E-state index in [1.54, 1.807) is 18.2 Å². The summed E-state index contributed by atoms with van der Waals surface area (Å²) in [4.78, 5) is 10.7.